The Bertz CT molecular complexity index is 762. The molecular weight excluding hydrogens is 312 g/mol. The fourth-order valence-electron chi connectivity index (χ4n) is 2.37. The Hall–Kier alpha value is -1.73. The van der Waals surface area contributed by atoms with Gasteiger partial charge in [0, 0.05) is 6.54 Å². The van der Waals surface area contributed by atoms with Crippen LogP contribution < -0.4 is 5.73 Å². The van der Waals surface area contributed by atoms with E-state index < -0.39 is 9.84 Å². The van der Waals surface area contributed by atoms with Crippen molar-refractivity contribution in [2.24, 2.45) is 11.7 Å². The number of aromatic nitrogens is 3. The molecule has 126 valence electrons. The number of nitrogens with zero attached hydrogens (tertiary/aromatic N) is 3. The van der Waals surface area contributed by atoms with E-state index in [4.69, 9.17) is 5.73 Å². The first-order valence-electron chi connectivity index (χ1n) is 7.67. The molecule has 0 aliphatic heterocycles. The average Bonchev–Trinajstić information content (AvgIpc) is 2.85. The molecular formula is C16H24N4O2S. The van der Waals surface area contributed by atoms with E-state index >= 15 is 0 Å². The van der Waals surface area contributed by atoms with Gasteiger partial charge in [-0.1, -0.05) is 43.7 Å². The minimum absolute atomic E-state index is 0.000856. The summed E-state index contributed by atoms with van der Waals surface area (Å²) in [4.78, 5) is 0. The molecule has 1 aromatic carbocycles. The second-order valence-corrected chi connectivity index (χ2v) is 8.26. The van der Waals surface area contributed by atoms with E-state index in [9.17, 15) is 8.42 Å². The number of hydrogen-bond acceptors (Lipinski definition) is 5. The van der Waals surface area contributed by atoms with Crippen LogP contribution in [0.15, 0.2) is 29.4 Å². The summed E-state index contributed by atoms with van der Waals surface area (Å²) < 4.78 is 27.2. The normalized spacial score (nSPS) is 13.5. The number of rotatable bonds is 6. The van der Waals surface area contributed by atoms with Crippen LogP contribution >= 0.6 is 0 Å². The molecule has 0 aliphatic rings. The van der Waals surface area contributed by atoms with Gasteiger partial charge in [0.05, 0.1) is 11.8 Å². The van der Waals surface area contributed by atoms with Crippen molar-refractivity contribution < 1.29 is 8.42 Å². The maximum absolute atomic E-state index is 12.8. The topological polar surface area (TPSA) is 90.9 Å². The Morgan fingerprint density at radius 2 is 1.74 bits per heavy atom. The Balaban J connectivity index is 2.40. The van der Waals surface area contributed by atoms with E-state index in [1.165, 1.54) is 0 Å². The van der Waals surface area contributed by atoms with Gasteiger partial charge in [-0.2, -0.15) is 0 Å². The Kier molecular flexibility index (Phi) is 5.21. The molecule has 0 saturated carbocycles. The molecule has 0 aliphatic carbocycles. The molecule has 1 atom stereocenters. The first kappa shape index (κ1) is 17.6. The van der Waals surface area contributed by atoms with Crippen LogP contribution in [0.2, 0.25) is 0 Å². The van der Waals surface area contributed by atoms with Crippen molar-refractivity contribution in [3.63, 3.8) is 0 Å². The summed E-state index contributed by atoms with van der Waals surface area (Å²) in [6, 6.07) is 7.07. The standard InChI is InChI=1S/C16H24N4O2S/c1-11(2)9-20-15(13(4)17)18-19-16(20)23(21,22)10-14-7-5-12(3)6-8-14/h5-8,11,13H,9-10,17H2,1-4H3/t13-/m0/s1. The molecule has 23 heavy (non-hydrogen) atoms. The number of hydrogen-bond donors (Lipinski definition) is 1. The summed E-state index contributed by atoms with van der Waals surface area (Å²) in [5, 5.41) is 7.92. The highest BCUT2D eigenvalue weighted by Crippen LogP contribution is 2.20. The fraction of sp³-hybridized carbons (Fsp3) is 0.500. The molecule has 1 heterocycles. The molecule has 2 N–H and O–H groups in total. The third-order valence-electron chi connectivity index (χ3n) is 3.46. The van der Waals surface area contributed by atoms with E-state index in [0.29, 0.717) is 12.4 Å². The first-order valence-corrected chi connectivity index (χ1v) is 9.33. The van der Waals surface area contributed by atoms with Crippen LogP contribution in [0, 0.1) is 12.8 Å². The Labute approximate surface area is 137 Å². The minimum atomic E-state index is -3.58. The summed E-state index contributed by atoms with van der Waals surface area (Å²) in [5.41, 5.74) is 7.72. The van der Waals surface area contributed by atoms with Gasteiger partial charge < -0.3 is 10.3 Å². The summed E-state index contributed by atoms with van der Waals surface area (Å²) in [5.74, 6) is 0.667. The van der Waals surface area contributed by atoms with E-state index in [2.05, 4.69) is 10.2 Å². The largest absolute Gasteiger partial charge is 0.322 e. The van der Waals surface area contributed by atoms with Gasteiger partial charge in [-0.05, 0) is 25.3 Å². The molecule has 0 fully saturated rings. The van der Waals surface area contributed by atoms with Crippen LogP contribution in [0.3, 0.4) is 0 Å². The molecule has 6 nitrogen and oxygen atoms in total. The van der Waals surface area contributed by atoms with E-state index in [-0.39, 0.29) is 22.9 Å². The van der Waals surface area contributed by atoms with Crippen molar-refractivity contribution >= 4 is 9.84 Å². The molecule has 2 aromatic rings. The van der Waals surface area contributed by atoms with Crippen molar-refractivity contribution in [1.29, 1.82) is 0 Å². The predicted octanol–water partition coefficient (Wildman–Crippen LogP) is 2.24. The van der Waals surface area contributed by atoms with Gasteiger partial charge in [0.2, 0.25) is 15.0 Å². The first-order chi connectivity index (χ1) is 10.7. The highest BCUT2D eigenvalue weighted by molar-refractivity contribution is 7.90. The zero-order valence-electron chi connectivity index (χ0n) is 14.0. The highest BCUT2D eigenvalue weighted by atomic mass is 32.2. The van der Waals surface area contributed by atoms with E-state index in [1.807, 2.05) is 45.0 Å². The van der Waals surface area contributed by atoms with Gasteiger partial charge in [-0.25, -0.2) is 8.42 Å². The molecule has 0 unspecified atom stereocenters. The molecule has 0 radical (unpaired) electrons. The summed E-state index contributed by atoms with van der Waals surface area (Å²) in [6.45, 7) is 8.29. The summed E-state index contributed by atoms with van der Waals surface area (Å²) in [7, 11) is -3.58. The Morgan fingerprint density at radius 1 is 1.13 bits per heavy atom. The SMILES string of the molecule is Cc1ccc(CS(=O)(=O)c2nnc([C@H](C)N)n2CC(C)C)cc1. The van der Waals surface area contributed by atoms with Gasteiger partial charge in [0.15, 0.2) is 5.82 Å². The summed E-state index contributed by atoms with van der Waals surface area (Å²) >= 11 is 0. The van der Waals surface area contributed by atoms with Gasteiger partial charge in [-0.15, -0.1) is 10.2 Å². The van der Waals surface area contributed by atoms with E-state index in [1.54, 1.807) is 11.5 Å². The lowest BCUT2D eigenvalue weighted by molar-refractivity contribution is 0.461. The summed E-state index contributed by atoms with van der Waals surface area (Å²) in [6.07, 6.45) is 0. The van der Waals surface area contributed by atoms with Crippen LogP contribution in [0.25, 0.3) is 0 Å². The maximum atomic E-state index is 12.8. The molecule has 1 aromatic heterocycles. The molecule has 0 bridgehead atoms. The number of aryl methyl sites for hydroxylation is 1. The lowest BCUT2D eigenvalue weighted by Crippen LogP contribution is -2.20. The average molecular weight is 336 g/mol. The molecule has 0 spiro atoms. The van der Waals surface area contributed by atoms with Gasteiger partial charge >= 0.3 is 0 Å². The quantitative estimate of drug-likeness (QED) is 0.873. The van der Waals surface area contributed by atoms with Crippen molar-refractivity contribution in [2.45, 2.75) is 51.2 Å². The monoisotopic (exact) mass is 336 g/mol. The zero-order chi connectivity index (χ0) is 17.2. The van der Waals surface area contributed by atoms with Crippen LogP contribution in [0.4, 0.5) is 0 Å². The van der Waals surface area contributed by atoms with Gasteiger partial charge in [0.25, 0.3) is 0 Å². The smallest absolute Gasteiger partial charge is 0.250 e. The van der Waals surface area contributed by atoms with Crippen molar-refractivity contribution in [3.8, 4) is 0 Å². The van der Waals surface area contributed by atoms with E-state index in [0.717, 1.165) is 11.1 Å². The number of benzene rings is 1. The van der Waals surface area contributed by atoms with Crippen LogP contribution in [-0.2, 0) is 22.1 Å². The maximum Gasteiger partial charge on any atom is 0.250 e. The second-order valence-electron chi connectivity index (χ2n) is 6.38. The third kappa shape index (κ3) is 4.17. The highest BCUT2D eigenvalue weighted by Gasteiger charge is 2.26. The molecule has 2 rings (SSSR count). The molecule has 0 saturated heterocycles. The van der Waals surface area contributed by atoms with Crippen LogP contribution in [0.5, 0.6) is 0 Å². The molecule has 0 amide bonds. The fourth-order valence-corrected chi connectivity index (χ4v) is 3.80. The number of nitrogens with two attached hydrogens (primary N) is 1. The van der Waals surface area contributed by atoms with Crippen LogP contribution in [0.1, 0.15) is 43.8 Å². The van der Waals surface area contributed by atoms with Gasteiger partial charge in [-0.3, -0.25) is 0 Å². The van der Waals surface area contributed by atoms with Crippen molar-refractivity contribution in [3.05, 3.63) is 41.2 Å². The molecule has 7 heteroatoms. The third-order valence-corrected chi connectivity index (χ3v) is 5.03. The number of sulfone groups is 1. The predicted molar refractivity (Wildman–Crippen MR) is 89.5 cm³/mol. The van der Waals surface area contributed by atoms with Gasteiger partial charge in [0.1, 0.15) is 0 Å². The Morgan fingerprint density at radius 3 is 2.26 bits per heavy atom. The lowest BCUT2D eigenvalue weighted by atomic mass is 10.2. The lowest BCUT2D eigenvalue weighted by Gasteiger charge is -2.14. The van der Waals surface area contributed by atoms with Crippen molar-refractivity contribution in [1.82, 2.24) is 14.8 Å². The minimum Gasteiger partial charge on any atom is -0.322 e. The van der Waals surface area contributed by atoms with Crippen LogP contribution in [-0.4, -0.2) is 23.2 Å². The van der Waals surface area contributed by atoms with Crippen molar-refractivity contribution in [2.75, 3.05) is 0 Å². The zero-order valence-corrected chi connectivity index (χ0v) is 14.8. The second kappa shape index (κ2) is 6.80.